The highest BCUT2D eigenvalue weighted by Crippen LogP contribution is 2.25. The number of hydrogen-bond donors (Lipinski definition) is 2. The minimum absolute atomic E-state index is 0.0864. The Morgan fingerprint density at radius 1 is 1.20 bits per heavy atom. The van der Waals surface area contributed by atoms with Crippen LogP contribution in [-0.2, 0) is 22.8 Å². The highest BCUT2D eigenvalue weighted by Gasteiger charge is 2.18. The first-order chi connectivity index (χ1) is 11.9. The zero-order valence-electron chi connectivity index (χ0n) is 13.7. The van der Waals surface area contributed by atoms with E-state index in [1.165, 1.54) is 0 Å². The van der Waals surface area contributed by atoms with E-state index in [-0.39, 0.29) is 12.3 Å². The Morgan fingerprint density at radius 3 is 2.72 bits per heavy atom. The van der Waals surface area contributed by atoms with Gasteiger partial charge in [-0.15, -0.1) is 0 Å². The highest BCUT2D eigenvalue weighted by molar-refractivity contribution is 7.88. The van der Waals surface area contributed by atoms with E-state index in [2.05, 4.69) is 4.72 Å². The van der Waals surface area contributed by atoms with Crippen LogP contribution < -0.4 is 4.72 Å². The van der Waals surface area contributed by atoms with Crippen LogP contribution in [0.4, 0.5) is 0 Å². The van der Waals surface area contributed by atoms with Gasteiger partial charge in [-0.1, -0.05) is 41.9 Å². The Bertz CT molecular complexity index is 998. The fourth-order valence-electron chi connectivity index (χ4n) is 2.85. The van der Waals surface area contributed by atoms with Gasteiger partial charge in [0, 0.05) is 41.3 Å². The van der Waals surface area contributed by atoms with Gasteiger partial charge in [0.25, 0.3) is 0 Å². The van der Waals surface area contributed by atoms with Gasteiger partial charge in [-0.05, 0) is 23.8 Å². The van der Waals surface area contributed by atoms with Gasteiger partial charge in [0.1, 0.15) is 0 Å². The Labute approximate surface area is 151 Å². The Balaban J connectivity index is 1.71. The monoisotopic (exact) mass is 378 g/mol. The minimum Gasteiger partial charge on any atom is -0.387 e. The molecular formula is C18H19ClN2O3S. The number of halogens is 1. The second kappa shape index (κ2) is 7.17. The maximum Gasteiger partial charge on any atom is 0.215 e. The van der Waals surface area contributed by atoms with Crippen molar-refractivity contribution < 1.29 is 13.5 Å². The van der Waals surface area contributed by atoms with Gasteiger partial charge in [-0.2, -0.15) is 0 Å². The molecule has 1 heterocycles. The molecule has 0 aliphatic heterocycles. The van der Waals surface area contributed by atoms with E-state index >= 15 is 0 Å². The van der Waals surface area contributed by atoms with E-state index in [0.29, 0.717) is 16.1 Å². The van der Waals surface area contributed by atoms with Crippen molar-refractivity contribution in [2.24, 2.45) is 7.05 Å². The van der Waals surface area contributed by atoms with Crippen LogP contribution in [0.1, 0.15) is 17.2 Å². The third-order valence-electron chi connectivity index (χ3n) is 4.03. The number of aliphatic hydroxyl groups excluding tert-OH is 1. The van der Waals surface area contributed by atoms with Crippen LogP contribution in [-0.4, -0.2) is 24.6 Å². The van der Waals surface area contributed by atoms with Crippen molar-refractivity contribution in [2.45, 2.75) is 11.9 Å². The van der Waals surface area contributed by atoms with Crippen LogP contribution >= 0.6 is 11.6 Å². The summed E-state index contributed by atoms with van der Waals surface area (Å²) < 4.78 is 28.9. The molecule has 2 N–H and O–H groups in total. The lowest BCUT2D eigenvalue weighted by Gasteiger charge is -2.12. The van der Waals surface area contributed by atoms with Crippen molar-refractivity contribution >= 4 is 32.5 Å². The fraction of sp³-hybridized carbons (Fsp3) is 0.222. The van der Waals surface area contributed by atoms with Crippen molar-refractivity contribution in [2.75, 3.05) is 6.54 Å². The largest absolute Gasteiger partial charge is 0.387 e. The Kier molecular flexibility index (Phi) is 5.15. The number of para-hydroxylation sites is 1. The molecule has 132 valence electrons. The molecule has 0 radical (unpaired) electrons. The number of hydrogen-bond acceptors (Lipinski definition) is 3. The number of aliphatic hydroxyl groups is 1. The number of rotatable bonds is 6. The van der Waals surface area contributed by atoms with Crippen LogP contribution in [0, 0.1) is 0 Å². The van der Waals surface area contributed by atoms with Gasteiger partial charge in [0.05, 0.1) is 11.9 Å². The molecule has 7 heteroatoms. The van der Waals surface area contributed by atoms with E-state index in [9.17, 15) is 13.5 Å². The summed E-state index contributed by atoms with van der Waals surface area (Å²) in [7, 11) is -1.69. The van der Waals surface area contributed by atoms with Crippen LogP contribution in [0.3, 0.4) is 0 Å². The van der Waals surface area contributed by atoms with Gasteiger partial charge in [0.15, 0.2) is 0 Å². The molecule has 0 fully saturated rings. The molecule has 25 heavy (non-hydrogen) atoms. The van der Waals surface area contributed by atoms with Gasteiger partial charge < -0.3 is 9.67 Å². The molecule has 0 bridgehead atoms. The molecule has 1 aromatic heterocycles. The SMILES string of the molecule is Cn1cc(C(O)CNS(=O)(=O)Cc2cccc(Cl)c2)c2ccccc21. The zero-order chi connectivity index (χ0) is 18.0. The van der Waals surface area contributed by atoms with E-state index in [1.807, 2.05) is 42.1 Å². The zero-order valence-corrected chi connectivity index (χ0v) is 15.3. The molecule has 3 aromatic rings. The van der Waals surface area contributed by atoms with Gasteiger partial charge in [-0.3, -0.25) is 0 Å². The van der Waals surface area contributed by atoms with Crippen molar-refractivity contribution in [3.8, 4) is 0 Å². The van der Waals surface area contributed by atoms with Crippen molar-refractivity contribution in [3.05, 3.63) is 70.9 Å². The topological polar surface area (TPSA) is 71.3 Å². The normalized spacial score (nSPS) is 13.2. The van der Waals surface area contributed by atoms with E-state index in [1.54, 1.807) is 24.3 Å². The van der Waals surface area contributed by atoms with Gasteiger partial charge in [-0.25, -0.2) is 13.1 Å². The second-order valence-corrected chi connectivity index (χ2v) is 8.21. The minimum atomic E-state index is -3.58. The van der Waals surface area contributed by atoms with E-state index in [0.717, 1.165) is 10.9 Å². The quantitative estimate of drug-likeness (QED) is 0.692. The standard InChI is InChI=1S/C18H19ClN2O3S/c1-21-11-16(15-7-2-3-8-17(15)21)18(22)10-20-25(23,24)12-13-5-4-6-14(19)9-13/h2-9,11,18,20,22H,10,12H2,1H3. The average Bonchev–Trinajstić information content (AvgIpc) is 2.90. The van der Waals surface area contributed by atoms with E-state index < -0.39 is 16.1 Å². The number of sulfonamides is 1. The molecule has 0 spiro atoms. The molecule has 5 nitrogen and oxygen atoms in total. The summed E-state index contributed by atoms with van der Waals surface area (Å²) in [5, 5.41) is 11.8. The number of aryl methyl sites for hydroxylation is 1. The summed E-state index contributed by atoms with van der Waals surface area (Å²) in [6.07, 6.45) is 0.890. The number of aromatic nitrogens is 1. The van der Waals surface area contributed by atoms with Crippen LogP contribution in [0.25, 0.3) is 10.9 Å². The lowest BCUT2D eigenvalue weighted by Crippen LogP contribution is -2.29. The highest BCUT2D eigenvalue weighted by atomic mass is 35.5. The predicted molar refractivity (Wildman–Crippen MR) is 100.0 cm³/mol. The first kappa shape index (κ1) is 17.9. The summed E-state index contributed by atoms with van der Waals surface area (Å²) in [6, 6.07) is 14.4. The first-order valence-corrected chi connectivity index (χ1v) is 9.82. The molecule has 2 aromatic carbocycles. The molecule has 1 atom stereocenters. The smallest absolute Gasteiger partial charge is 0.215 e. The fourth-order valence-corrected chi connectivity index (χ4v) is 4.20. The number of nitrogens with zero attached hydrogens (tertiary/aromatic N) is 1. The first-order valence-electron chi connectivity index (χ1n) is 7.79. The molecule has 1 unspecified atom stereocenters. The number of nitrogens with one attached hydrogen (secondary N) is 1. The summed E-state index contributed by atoms with van der Waals surface area (Å²) >= 11 is 5.88. The maximum atomic E-state index is 12.2. The molecule has 0 aliphatic rings. The average molecular weight is 379 g/mol. The number of benzene rings is 2. The molecule has 0 aliphatic carbocycles. The van der Waals surface area contributed by atoms with Crippen molar-refractivity contribution in [1.29, 1.82) is 0 Å². The van der Waals surface area contributed by atoms with Crippen LogP contribution in [0.2, 0.25) is 5.02 Å². The lowest BCUT2D eigenvalue weighted by atomic mass is 10.1. The summed E-state index contributed by atoms with van der Waals surface area (Å²) in [5.41, 5.74) is 2.28. The molecule has 0 saturated heterocycles. The number of fused-ring (bicyclic) bond motifs is 1. The Hall–Kier alpha value is -1.86. The predicted octanol–water partition coefficient (Wildman–Crippen LogP) is 2.98. The molecule has 0 saturated carbocycles. The molecule has 3 rings (SSSR count). The summed E-state index contributed by atoms with van der Waals surface area (Å²) in [5.74, 6) is -0.185. The van der Waals surface area contributed by atoms with Gasteiger partial charge >= 0.3 is 0 Å². The molecular weight excluding hydrogens is 360 g/mol. The van der Waals surface area contributed by atoms with Crippen LogP contribution in [0.5, 0.6) is 0 Å². The summed E-state index contributed by atoms with van der Waals surface area (Å²) in [4.78, 5) is 0. The third kappa shape index (κ3) is 4.22. The van der Waals surface area contributed by atoms with Crippen molar-refractivity contribution in [1.82, 2.24) is 9.29 Å². The molecule has 0 amide bonds. The van der Waals surface area contributed by atoms with Crippen LogP contribution in [0.15, 0.2) is 54.7 Å². The summed E-state index contributed by atoms with van der Waals surface area (Å²) in [6.45, 7) is -0.0864. The Morgan fingerprint density at radius 2 is 1.96 bits per heavy atom. The second-order valence-electron chi connectivity index (χ2n) is 5.97. The third-order valence-corrected chi connectivity index (χ3v) is 5.58. The van der Waals surface area contributed by atoms with Gasteiger partial charge in [0.2, 0.25) is 10.0 Å². The van der Waals surface area contributed by atoms with Crippen molar-refractivity contribution in [3.63, 3.8) is 0 Å². The maximum absolute atomic E-state index is 12.2. The lowest BCUT2D eigenvalue weighted by molar-refractivity contribution is 0.183. The van der Waals surface area contributed by atoms with E-state index in [4.69, 9.17) is 11.6 Å².